The molecule has 1 saturated carbocycles. The molecule has 2 heterocycles. The van der Waals surface area contributed by atoms with Crippen LogP contribution < -0.4 is 4.90 Å². The van der Waals surface area contributed by atoms with Gasteiger partial charge in [-0.3, -0.25) is 9.78 Å². The lowest BCUT2D eigenvalue weighted by Crippen LogP contribution is -2.43. The number of sulfone groups is 1. The zero-order chi connectivity index (χ0) is 23.4. The van der Waals surface area contributed by atoms with Crippen LogP contribution in [0.1, 0.15) is 32.1 Å². The van der Waals surface area contributed by atoms with Gasteiger partial charge in [0.25, 0.3) is 0 Å². The van der Waals surface area contributed by atoms with Gasteiger partial charge in [-0.15, -0.1) is 0 Å². The first kappa shape index (κ1) is 24.4. The highest BCUT2D eigenvalue weighted by Crippen LogP contribution is 2.39. The van der Waals surface area contributed by atoms with Crippen LogP contribution in [-0.2, 0) is 19.4 Å². The van der Waals surface area contributed by atoms with Crippen LogP contribution in [0.3, 0.4) is 0 Å². The number of rotatable bonds is 7. The van der Waals surface area contributed by atoms with Crippen molar-refractivity contribution in [3.63, 3.8) is 0 Å². The number of ether oxygens (including phenoxy) is 1. The van der Waals surface area contributed by atoms with E-state index >= 15 is 0 Å². The Balaban J connectivity index is 1.41. The van der Waals surface area contributed by atoms with Crippen molar-refractivity contribution in [2.75, 3.05) is 31.7 Å². The van der Waals surface area contributed by atoms with E-state index in [4.69, 9.17) is 4.74 Å². The highest BCUT2D eigenvalue weighted by atomic mass is 79.9. The average Bonchev–Trinajstić information content (AvgIpc) is 2.82. The van der Waals surface area contributed by atoms with Crippen molar-refractivity contribution < 1.29 is 17.9 Å². The molecule has 178 valence electrons. The molecule has 2 aliphatic rings. The third-order valence-corrected chi connectivity index (χ3v) is 9.86. The molecule has 1 aliphatic carbocycles. The third-order valence-electron chi connectivity index (χ3n) is 7.17. The van der Waals surface area contributed by atoms with E-state index in [2.05, 4.69) is 25.8 Å². The smallest absolute Gasteiger partial charge is 0.181 e. The van der Waals surface area contributed by atoms with Crippen molar-refractivity contribution in [1.82, 2.24) is 4.98 Å². The lowest BCUT2D eigenvalue weighted by Gasteiger charge is -2.39. The van der Waals surface area contributed by atoms with Crippen LogP contribution in [0.4, 0.5) is 5.69 Å². The Labute approximate surface area is 204 Å². The maximum absolute atomic E-state index is 13.2. The van der Waals surface area contributed by atoms with Crippen molar-refractivity contribution in [2.45, 2.75) is 42.2 Å². The normalized spacial score (nSPS) is 24.7. The second-order valence-corrected chi connectivity index (χ2v) is 12.4. The van der Waals surface area contributed by atoms with Crippen molar-refractivity contribution in [1.29, 1.82) is 0 Å². The van der Waals surface area contributed by atoms with Gasteiger partial charge in [0.2, 0.25) is 0 Å². The molecule has 8 heteroatoms. The van der Waals surface area contributed by atoms with Gasteiger partial charge >= 0.3 is 0 Å². The molecule has 0 N–H and O–H groups in total. The van der Waals surface area contributed by atoms with E-state index in [0.717, 1.165) is 36.8 Å². The zero-order valence-electron chi connectivity index (χ0n) is 18.9. The fourth-order valence-corrected chi connectivity index (χ4v) is 7.39. The molecule has 0 radical (unpaired) electrons. The Morgan fingerprint density at radius 2 is 1.76 bits per heavy atom. The minimum atomic E-state index is -3.57. The molecule has 2 fully saturated rings. The van der Waals surface area contributed by atoms with E-state index in [1.54, 1.807) is 31.4 Å². The SMILES string of the molecule is COC[C@@H]1CC(S(=O)(=O)c2ccc(Br)cc2)CC(=O)C1CC1CCN(c2ccncc2)CC1. The summed E-state index contributed by atoms with van der Waals surface area (Å²) in [7, 11) is -1.94. The van der Waals surface area contributed by atoms with E-state index in [0.29, 0.717) is 18.9 Å². The maximum atomic E-state index is 13.2. The molecule has 0 bridgehead atoms. The van der Waals surface area contributed by atoms with Gasteiger partial charge in [0.15, 0.2) is 9.84 Å². The molecule has 6 nitrogen and oxygen atoms in total. The van der Waals surface area contributed by atoms with Gasteiger partial charge in [-0.25, -0.2) is 8.42 Å². The lowest BCUT2D eigenvalue weighted by molar-refractivity contribution is -0.128. The Hall–Kier alpha value is -1.77. The fraction of sp³-hybridized carbons (Fsp3) is 0.520. The number of hydrogen-bond donors (Lipinski definition) is 0. The standard InChI is InChI=1S/C25H31BrN2O4S/c1-32-17-19-15-23(33(30,31)22-4-2-20(26)3-5-22)16-25(29)24(19)14-18-8-12-28(13-9-18)21-6-10-27-11-7-21/h2-7,10-11,18-19,23-24H,8-9,12-17H2,1H3/t19-,23?,24?/m0/s1. The van der Waals surface area contributed by atoms with Crippen LogP contribution in [0, 0.1) is 17.8 Å². The van der Waals surface area contributed by atoms with Gasteiger partial charge in [0, 0.05) is 61.7 Å². The summed E-state index contributed by atoms with van der Waals surface area (Å²) in [6.45, 7) is 2.34. The quantitative estimate of drug-likeness (QED) is 0.519. The van der Waals surface area contributed by atoms with Gasteiger partial charge < -0.3 is 9.64 Å². The van der Waals surface area contributed by atoms with Crippen molar-refractivity contribution in [3.05, 3.63) is 53.3 Å². The average molecular weight is 536 g/mol. The number of nitrogens with zero attached hydrogens (tertiary/aromatic N) is 2. The van der Waals surface area contributed by atoms with E-state index in [1.165, 1.54) is 5.69 Å². The number of anilines is 1. The van der Waals surface area contributed by atoms with Gasteiger partial charge in [0.1, 0.15) is 5.78 Å². The molecule has 33 heavy (non-hydrogen) atoms. The zero-order valence-corrected chi connectivity index (χ0v) is 21.3. The first-order valence-electron chi connectivity index (χ1n) is 11.5. The summed E-state index contributed by atoms with van der Waals surface area (Å²) in [5, 5.41) is -0.684. The molecule has 1 aliphatic heterocycles. The maximum Gasteiger partial charge on any atom is 0.181 e. The van der Waals surface area contributed by atoms with Crippen LogP contribution in [0.25, 0.3) is 0 Å². The Bertz CT molecular complexity index is 1040. The Morgan fingerprint density at radius 3 is 2.39 bits per heavy atom. The van der Waals surface area contributed by atoms with Crippen molar-refractivity contribution in [3.8, 4) is 0 Å². The van der Waals surface area contributed by atoms with Crippen molar-refractivity contribution >= 4 is 37.2 Å². The molecule has 2 unspecified atom stereocenters. The minimum Gasteiger partial charge on any atom is -0.384 e. The molecule has 3 atom stereocenters. The number of piperidine rings is 1. The van der Waals surface area contributed by atoms with E-state index in [-0.39, 0.29) is 28.9 Å². The summed E-state index contributed by atoms with van der Waals surface area (Å²) in [6, 6.07) is 10.7. The summed E-state index contributed by atoms with van der Waals surface area (Å²) < 4.78 is 32.8. The number of halogens is 1. The summed E-state index contributed by atoms with van der Waals surface area (Å²) >= 11 is 3.35. The molecule has 1 saturated heterocycles. The summed E-state index contributed by atoms with van der Waals surface area (Å²) in [5.74, 6) is 0.352. The number of methoxy groups -OCH3 is 1. The monoisotopic (exact) mass is 534 g/mol. The number of carbonyl (C=O) groups excluding carboxylic acids is 1. The third kappa shape index (κ3) is 5.66. The largest absolute Gasteiger partial charge is 0.384 e. The van der Waals surface area contributed by atoms with Crippen LogP contribution in [-0.4, -0.2) is 51.2 Å². The number of hydrogen-bond acceptors (Lipinski definition) is 6. The first-order valence-corrected chi connectivity index (χ1v) is 13.9. The Kier molecular flexibility index (Phi) is 7.87. The summed E-state index contributed by atoms with van der Waals surface area (Å²) in [5.41, 5.74) is 1.19. The molecule has 1 aromatic carbocycles. The number of Topliss-reactive ketones (excluding diaryl/α,β-unsaturated/α-hetero) is 1. The molecular weight excluding hydrogens is 504 g/mol. The second-order valence-electron chi connectivity index (χ2n) is 9.22. The van der Waals surface area contributed by atoms with Crippen LogP contribution in [0.2, 0.25) is 0 Å². The van der Waals surface area contributed by atoms with Gasteiger partial charge in [-0.2, -0.15) is 0 Å². The van der Waals surface area contributed by atoms with Crippen LogP contribution >= 0.6 is 15.9 Å². The van der Waals surface area contributed by atoms with E-state index < -0.39 is 15.1 Å². The fourth-order valence-electron chi connectivity index (χ4n) is 5.34. The minimum absolute atomic E-state index is 0.0651. The molecule has 0 amide bonds. The van der Waals surface area contributed by atoms with E-state index in [9.17, 15) is 13.2 Å². The van der Waals surface area contributed by atoms with Crippen LogP contribution in [0.15, 0.2) is 58.2 Å². The van der Waals surface area contributed by atoms with Gasteiger partial charge in [-0.1, -0.05) is 15.9 Å². The number of ketones is 1. The highest BCUT2D eigenvalue weighted by Gasteiger charge is 2.43. The van der Waals surface area contributed by atoms with Gasteiger partial charge in [0.05, 0.1) is 10.1 Å². The molecular formula is C25H31BrN2O4S. The number of aromatic nitrogens is 1. The topological polar surface area (TPSA) is 76.6 Å². The summed E-state index contributed by atoms with van der Waals surface area (Å²) in [4.78, 5) is 20.0. The molecule has 1 aromatic heterocycles. The molecule has 0 spiro atoms. The predicted octanol–water partition coefficient (Wildman–Crippen LogP) is 4.53. The van der Waals surface area contributed by atoms with Crippen molar-refractivity contribution in [2.24, 2.45) is 17.8 Å². The van der Waals surface area contributed by atoms with Crippen LogP contribution in [0.5, 0.6) is 0 Å². The number of carbonyl (C=O) groups is 1. The highest BCUT2D eigenvalue weighted by molar-refractivity contribution is 9.10. The molecule has 2 aromatic rings. The second kappa shape index (κ2) is 10.7. The Morgan fingerprint density at radius 1 is 1.09 bits per heavy atom. The van der Waals surface area contributed by atoms with Gasteiger partial charge in [-0.05, 0) is 73.9 Å². The molecule has 4 rings (SSSR count). The predicted molar refractivity (Wildman–Crippen MR) is 132 cm³/mol. The summed E-state index contributed by atoms with van der Waals surface area (Å²) in [6.07, 6.45) is 7.09. The van der Waals surface area contributed by atoms with E-state index in [1.807, 2.05) is 24.5 Å². The first-order chi connectivity index (χ1) is 15.9. The lowest BCUT2D eigenvalue weighted by atomic mass is 9.72. The number of pyridine rings is 1. The number of benzene rings is 1.